The van der Waals surface area contributed by atoms with E-state index < -0.39 is 5.60 Å². The Morgan fingerprint density at radius 2 is 2.16 bits per heavy atom. The number of hydrogen-bond acceptors (Lipinski definition) is 5. The summed E-state index contributed by atoms with van der Waals surface area (Å²) < 4.78 is 6.76. The molecule has 0 bridgehead atoms. The maximum absolute atomic E-state index is 11.6. The van der Waals surface area contributed by atoms with E-state index in [9.17, 15) is 9.59 Å². The molecule has 0 saturated heterocycles. The fourth-order valence-electron chi connectivity index (χ4n) is 1.42. The number of carbonyl (C=O) groups is 1. The van der Waals surface area contributed by atoms with E-state index in [1.807, 2.05) is 20.8 Å². The lowest BCUT2D eigenvalue weighted by Crippen LogP contribution is -2.25. The predicted molar refractivity (Wildman–Crippen MR) is 74.3 cm³/mol. The Bertz CT molecular complexity index is 473. The number of nitrogens with one attached hydrogen (secondary N) is 1. The molecule has 0 radical (unpaired) electrons. The quantitative estimate of drug-likeness (QED) is 0.638. The van der Waals surface area contributed by atoms with E-state index in [2.05, 4.69) is 17.1 Å². The normalized spacial score (nSPS) is 11.6. The first-order valence-electron chi connectivity index (χ1n) is 6.33. The third-order valence-electron chi connectivity index (χ3n) is 2.20. The molecule has 0 aromatic carbocycles. The molecule has 0 unspecified atom stereocenters. The van der Waals surface area contributed by atoms with E-state index >= 15 is 0 Å². The standard InChI is InChI=1S/C12H21N3O3S/c1-5-6-7-15-10(17)13-14-11(15)19-8-9(16)18-12(2,3)4/h5-8H2,1-4H3,(H,13,17). The Morgan fingerprint density at radius 1 is 1.47 bits per heavy atom. The van der Waals surface area contributed by atoms with Crippen molar-refractivity contribution in [3.05, 3.63) is 10.5 Å². The van der Waals surface area contributed by atoms with Gasteiger partial charge in [-0.05, 0) is 27.2 Å². The van der Waals surface area contributed by atoms with Crippen molar-refractivity contribution in [2.45, 2.75) is 57.8 Å². The predicted octanol–water partition coefficient (Wildman–Crippen LogP) is 1.81. The largest absolute Gasteiger partial charge is 0.459 e. The molecule has 6 nitrogen and oxygen atoms in total. The van der Waals surface area contributed by atoms with Gasteiger partial charge >= 0.3 is 11.7 Å². The number of nitrogens with zero attached hydrogens (tertiary/aromatic N) is 2. The molecule has 1 aromatic rings. The molecule has 0 aliphatic carbocycles. The van der Waals surface area contributed by atoms with Gasteiger partial charge in [-0.3, -0.25) is 9.36 Å². The third-order valence-corrected chi connectivity index (χ3v) is 3.15. The van der Waals surface area contributed by atoms with E-state index in [1.165, 1.54) is 11.8 Å². The van der Waals surface area contributed by atoms with Crippen molar-refractivity contribution in [3.63, 3.8) is 0 Å². The van der Waals surface area contributed by atoms with Gasteiger partial charge in [0.2, 0.25) is 0 Å². The Labute approximate surface area is 116 Å². The number of ether oxygens (including phenoxy) is 1. The molecule has 1 rings (SSSR count). The number of rotatable bonds is 6. The summed E-state index contributed by atoms with van der Waals surface area (Å²) in [5, 5.41) is 6.85. The van der Waals surface area contributed by atoms with Gasteiger partial charge in [-0.1, -0.05) is 25.1 Å². The smallest absolute Gasteiger partial charge is 0.343 e. The Kier molecular flexibility index (Phi) is 5.65. The van der Waals surface area contributed by atoms with Crippen LogP contribution in [-0.4, -0.2) is 32.1 Å². The van der Waals surface area contributed by atoms with Gasteiger partial charge in [0.05, 0.1) is 5.75 Å². The molecule has 0 aliphatic heterocycles. The molecular formula is C12H21N3O3S. The van der Waals surface area contributed by atoms with E-state index in [1.54, 1.807) is 4.57 Å². The summed E-state index contributed by atoms with van der Waals surface area (Å²) in [6.45, 7) is 8.13. The minimum absolute atomic E-state index is 0.147. The van der Waals surface area contributed by atoms with Crippen LogP contribution in [0.4, 0.5) is 0 Å². The molecule has 1 aromatic heterocycles. The second-order valence-corrected chi connectivity index (χ2v) is 6.13. The number of aromatic nitrogens is 3. The maximum Gasteiger partial charge on any atom is 0.343 e. The first kappa shape index (κ1) is 15.8. The summed E-state index contributed by atoms with van der Waals surface area (Å²) in [4.78, 5) is 23.1. The molecule has 108 valence electrons. The Balaban J connectivity index is 2.58. The van der Waals surface area contributed by atoms with Crippen LogP contribution >= 0.6 is 11.8 Å². The lowest BCUT2D eigenvalue weighted by Gasteiger charge is -2.19. The molecule has 1 heterocycles. The van der Waals surface area contributed by atoms with Crippen molar-refractivity contribution in [3.8, 4) is 0 Å². The van der Waals surface area contributed by atoms with Crippen molar-refractivity contribution in [2.24, 2.45) is 0 Å². The van der Waals surface area contributed by atoms with Crippen molar-refractivity contribution in [1.29, 1.82) is 0 Å². The van der Waals surface area contributed by atoms with Crippen LogP contribution in [0.1, 0.15) is 40.5 Å². The second kappa shape index (κ2) is 6.79. The molecule has 0 atom stereocenters. The van der Waals surface area contributed by atoms with E-state index in [0.29, 0.717) is 11.7 Å². The maximum atomic E-state index is 11.6. The lowest BCUT2D eigenvalue weighted by molar-refractivity contribution is -0.151. The van der Waals surface area contributed by atoms with Crippen LogP contribution in [0, 0.1) is 0 Å². The number of esters is 1. The summed E-state index contributed by atoms with van der Waals surface area (Å²) in [6.07, 6.45) is 1.90. The number of H-pyrrole nitrogens is 1. The highest BCUT2D eigenvalue weighted by molar-refractivity contribution is 7.99. The van der Waals surface area contributed by atoms with Gasteiger partial charge in [0.1, 0.15) is 5.60 Å². The molecule has 0 aliphatic rings. The topological polar surface area (TPSA) is 77.0 Å². The third kappa shape index (κ3) is 5.50. The molecule has 0 saturated carbocycles. The van der Waals surface area contributed by atoms with Gasteiger partial charge in [0.25, 0.3) is 0 Å². The van der Waals surface area contributed by atoms with Crippen molar-refractivity contribution < 1.29 is 9.53 Å². The first-order chi connectivity index (χ1) is 8.83. The Morgan fingerprint density at radius 3 is 2.74 bits per heavy atom. The second-order valence-electron chi connectivity index (χ2n) is 5.19. The average molecular weight is 287 g/mol. The molecule has 0 amide bonds. The highest BCUT2D eigenvalue weighted by atomic mass is 32.2. The molecular weight excluding hydrogens is 266 g/mol. The summed E-state index contributed by atoms with van der Waals surface area (Å²) in [5.74, 6) is -0.164. The van der Waals surface area contributed by atoms with Crippen LogP contribution in [0.25, 0.3) is 0 Å². The van der Waals surface area contributed by atoms with Crippen LogP contribution < -0.4 is 5.69 Å². The monoisotopic (exact) mass is 287 g/mol. The van der Waals surface area contributed by atoms with Gasteiger partial charge in [0, 0.05) is 6.54 Å². The van der Waals surface area contributed by atoms with Gasteiger partial charge in [-0.25, -0.2) is 9.89 Å². The zero-order chi connectivity index (χ0) is 14.5. The summed E-state index contributed by atoms with van der Waals surface area (Å²) in [5.41, 5.74) is -0.731. The highest BCUT2D eigenvalue weighted by Crippen LogP contribution is 2.16. The van der Waals surface area contributed by atoms with Crippen LogP contribution in [0.3, 0.4) is 0 Å². The number of carbonyl (C=O) groups excluding carboxylic acids is 1. The van der Waals surface area contributed by atoms with Crippen molar-refractivity contribution in [2.75, 3.05) is 5.75 Å². The van der Waals surface area contributed by atoms with Crippen LogP contribution in [0.15, 0.2) is 9.95 Å². The zero-order valence-electron chi connectivity index (χ0n) is 11.9. The van der Waals surface area contributed by atoms with Crippen LogP contribution in [0.5, 0.6) is 0 Å². The number of unbranched alkanes of at least 4 members (excludes halogenated alkanes) is 1. The van der Waals surface area contributed by atoms with Crippen LogP contribution in [0.2, 0.25) is 0 Å². The fraction of sp³-hybridized carbons (Fsp3) is 0.750. The first-order valence-corrected chi connectivity index (χ1v) is 7.32. The minimum atomic E-state index is -0.495. The molecule has 0 spiro atoms. The SMILES string of the molecule is CCCCn1c(SCC(=O)OC(C)(C)C)n[nH]c1=O. The highest BCUT2D eigenvalue weighted by Gasteiger charge is 2.17. The summed E-state index contributed by atoms with van der Waals surface area (Å²) in [6, 6.07) is 0. The molecule has 0 fully saturated rings. The molecule has 1 N–H and O–H groups in total. The zero-order valence-corrected chi connectivity index (χ0v) is 12.7. The van der Waals surface area contributed by atoms with Gasteiger partial charge in [-0.2, -0.15) is 0 Å². The summed E-state index contributed by atoms with van der Waals surface area (Å²) in [7, 11) is 0. The Hall–Kier alpha value is -1.24. The summed E-state index contributed by atoms with van der Waals surface area (Å²) >= 11 is 1.21. The van der Waals surface area contributed by atoms with Crippen molar-refractivity contribution in [1.82, 2.24) is 14.8 Å². The number of hydrogen-bond donors (Lipinski definition) is 1. The van der Waals surface area contributed by atoms with Crippen LogP contribution in [-0.2, 0) is 16.1 Å². The van der Waals surface area contributed by atoms with Gasteiger partial charge < -0.3 is 4.74 Å². The average Bonchev–Trinajstić information content (AvgIpc) is 2.62. The lowest BCUT2D eigenvalue weighted by atomic mass is 10.2. The number of thioether (sulfide) groups is 1. The molecule has 19 heavy (non-hydrogen) atoms. The molecule has 7 heteroatoms. The van der Waals surface area contributed by atoms with Gasteiger partial charge in [0.15, 0.2) is 5.16 Å². The van der Waals surface area contributed by atoms with E-state index in [4.69, 9.17) is 4.74 Å². The minimum Gasteiger partial charge on any atom is -0.459 e. The van der Waals surface area contributed by atoms with E-state index in [-0.39, 0.29) is 17.4 Å². The fourth-order valence-corrected chi connectivity index (χ4v) is 2.17. The van der Waals surface area contributed by atoms with E-state index in [0.717, 1.165) is 12.8 Å². The number of aromatic amines is 1. The van der Waals surface area contributed by atoms with Crippen molar-refractivity contribution >= 4 is 17.7 Å². The van der Waals surface area contributed by atoms with Gasteiger partial charge in [-0.15, -0.1) is 5.10 Å².